The Hall–Kier alpha value is -2.41. The van der Waals surface area contributed by atoms with Gasteiger partial charge in [-0.3, -0.25) is 4.79 Å². The first-order valence-electron chi connectivity index (χ1n) is 8.60. The van der Waals surface area contributed by atoms with Crippen molar-refractivity contribution in [1.29, 1.82) is 0 Å². The number of nitrogens with zero attached hydrogens (tertiary/aromatic N) is 1. The maximum Gasteiger partial charge on any atom is 0.245 e. The topological polar surface area (TPSA) is 69.2 Å². The summed E-state index contributed by atoms with van der Waals surface area (Å²) in [6.45, 7) is 3.18. The van der Waals surface area contributed by atoms with Crippen LogP contribution in [0.25, 0.3) is 0 Å². The van der Waals surface area contributed by atoms with Crippen LogP contribution in [0.1, 0.15) is 24.5 Å². The Kier molecular flexibility index (Phi) is 6.45. The summed E-state index contributed by atoms with van der Waals surface area (Å²) in [5.74, 6) is -0.390. The van der Waals surface area contributed by atoms with Gasteiger partial charge < -0.3 is 14.2 Å². The van der Waals surface area contributed by atoms with Gasteiger partial charge in [-0.05, 0) is 54.4 Å². The van der Waals surface area contributed by atoms with Crippen LogP contribution in [-0.2, 0) is 20.9 Å². The minimum Gasteiger partial charge on any atom is -0.489 e. The van der Waals surface area contributed by atoms with E-state index in [9.17, 15) is 4.79 Å². The number of amides is 1. The van der Waals surface area contributed by atoms with Crippen LogP contribution in [0.4, 0.5) is 0 Å². The third-order valence-electron chi connectivity index (χ3n) is 3.96. The second kappa shape index (κ2) is 8.99. The first-order chi connectivity index (χ1) is 13.0. The van der Waals surface area contributed by atoms with Crippen LogP contribution in [0.15, 0.2) is 53.6 Å². The lowest BCUT2D eigenvalue weighted by molar-refractivity contribution is -0.159. The SMILES string of the molecule is CC1(CC(=O)NN=Cc2ccc(OCc3cccc(Cl)c3)cc2)OCCO1. The number of hydrogen-bond acceptors (Lipinski definition) is 5. The Balaban J connectivity index is 1.45. The molecule has 0 atom stereocenters. The molecule has 0 spiro atoms. The highest BCUT2D eigenvalue weighted by atomic mass is 35.5. The fourth-order valence-electron chi connectivity index (χ4n) is 2.61. The lowest BCUT2D eigenvalue weighted by Gasteiger charge is -2.20. The number of benzene rings is 2. The second-order valence-electron chi connectivity index (χ2n) is 6.29. The van der Waals surface area contributed by atoms with Gasteiger partial charge in [0.15, 0.2) is 5.79 Å². The monoisotopic (exact) mass is 388 g/mol. The lowest BCUT2D eigenvalue weighted by Crippen LogP contribution is -2.33. The molecule has 1 N–H and O–H groups in total. The minimum absolute atomic E-state index is 0.0978. The van der Waals surface area contributed by atoms with E-state index in [0.29, 0.717) is 24.8 Å². The van der Waals surface area contributed by atoms with E-state index in [1.807, 2.05) is 48.5 Å². The van der Waals surface area contributed by atoms with Crippen molar-refractivity contribution >= 4 is 23.7 Å². The number of carbonyl (C=O) groups excluding carboxylic acids is 1. The highest BCUT2D eigenvalue weighted by Crippen LogP contribution is 2.22. The maximum absolute atomic E-state index is 11.9. The predicted molar refractivity (Wildman–Crippen MR) is 103 cm³/mol. The Bertz CT molecular complexity index is 802. The average Bonchev–Trinajstić information content (AvgIpc) is 3.07. The molecule has 0 bridgehead atoms. The third kappa shape index (κ3) is 6.06. The average molecular weight is 389 g/mol. The van der Waals surface area contributed by atoms with Gasteiger partial charge in [0, 0.05) is 5.02 Å². The molecule has 0 aromatic heterocycles. The molecule has 27 heavy (non-hydrogen) atoms. The first-order valence-corrected chi connectivity index (χ1v) is 8.97. The quantitative estimate of drug-likeness (QED) is 0.582. The lowest BCUT2D eigenvalue weighted by atomic mass is 10.2. The molecule has 1 aliphatic heterocycles. The molecule has 2 aromatic carbocycles. The van der Waals surface area contributed by atoms with Gasteiger partial charge in [0.2, 0.25) is 5.91 Å². The zero-order valence-electron chi connectivity index (χ0n) is 15.0. The van der Waals surface area contributed by atoms with Crippen molar-refractivity contribution in [1.82, 2.24) is 5.43 Å². The Labute approximate surface area is 163 Å². The number of nitrogens with one attached hydrogen (secondary N) is 1. The molecular weight excluding hydrogens is 368 g/mol. The van der Waals surface area contributed by atoms with E-state index in [1.165, 1.54) is 0 Å². The van der Waals surface area contributed by atoms with Crippen LogP contribution in [0.5, 0.6) is 5.75 Å². The molecule has 142 valence electrons. The van der Waals surface area contributed by atoms with Gasteiger partial charge in [0.1, 0.15) is 12.4 Å². The van der Waals surface area contributed by atoms with Crippen LogP contribution in [0.3, 0.4) is 0 Å². The first kappa shape index (κ1) is 19.4. The fraction of sp³-hybridized carbons (Fsp3) is 0.300. The van der Waals surface area contributed by atoms with Gasteiger partial charge >= 0.3 is 0 Å². The smallest absolute Gasteiger partial charge is 0.245 e. The molecule has 6 nitrogen and oxygen atoms in total. The fourth-order valence-corrected chi connectivity index (χ4v) is 2.83. The summed E-state index contributed by atoms with van der Waals surface area (Å²) >= 11 is 5.96. The van der Waals surface area contributed by atoms with E-state index >= 15 is 0 Å². The van der Waals surface area contributed by atoms with Gasteiger partial charge in [-0.1, -0.05) is 23.7 Å². The van der Waals surface area contributed by atoms with Gasteiger partial charge in [-0.25, -0.2) is 5.43 Å². The molecule has 1 heterocycles. The zero-order valence-corrected chi connectivity index (χ0v) is 15.7. The van der Waals surface area contributed by atoms with Gasteiger partial charge in [-0.15, -0.1) is 0 Å². The number of rotatable bonds is 7. The summed E-state index contributed by atoms with van der Waals surface area (Å²) < 4.78 is 16.5. The standard InChI is InChI=1S/C20H21ClN2O4/c1-20(26-9-10-27-20)12-19(24)23-22-13-15-5-7-18(8-6-15)25-14-16-3-2-4-17(21)11-16/h2-8,11,13H,9-10,12,14H2,1H3,(H,23,24). The summed E-state index contributed by atoms with van der Waals surface area (Å²) in [6.07, 6.45) is 1.66. The third-order valence-corrected chi connectivity index (χ3v) is 4.19. The van der Waals surface area contributed by atoms with Crippen LogP contribution in [0, 0.1) is 0 Å². The highest BCUT2D eigenvalue weighted by molar-refractivity contribution is 6.30. The van der Waals surface area contributed by atoms with E-state index in [2.05, 4.69) is 10.5 Å². The number of halogens is 1. The number of hydrazone groups is 1. The molecule has 2 aromatic rings. The van der Waals surface area contributed by atoms with E-state index in [-0.39, 0.29) is 12.3 Å². The molecule has 0 saturated carbocycles. The summed E-state index contributed by atoms with van der Waals surface area (Å²) in [5.41, 5.74) is 4.31. The van der Waals surface area contributed by atoms with Crippen LogP contribution in [0.2, 0.25) is 5.02 Å². The highest BCUT2D eigenvalue weighted by Gasteiger charge is 2.33. The van der Waals surface area contributed by atoms with E-state index in [1.54, 1.807) is 13.1 Å². The van der Waals surface area contributed by atoms with Crippen molar-refractivity contribution in [2.75, 3.05) is 13.2 Å². The molecule has 1 aliphatic rings. The van der Waals surface area contributed by atoms with E-state index in [0.717, 1.165) is 16.9 Å². The molecule has 1 fully saturated rings. The van der Waals surface area contributed by atoms with Crippen molar-refractivity contribution in [2.24, 2.45) is 5.10 Å². The summed E-state index contributed by atoms with van der Waals surface area (Å²) in [5, 5.41) is 4.64. The number of ether oxygens (including phenoxy) is 3. The molecule has 0 unspecified atom stereocenters. The number of hydrogen-bond donors (Lipinski definition) is 1. The Morgan fingerprint density at radius 2 is 2.00 bits per heavy atom. The summed E-state index contributed by atoms with van der Waals surface area (Å²) in [6, 6.07) is 14.9. The Morgan fingerprint density at radius 1 is 1.26 bits per heavy atom. The second-order valence-corrected chi connectivity index (χ2v) is 6.72. The van der Waals surface area contributed by atoms with Gasteiger partial charge in [0.05, 0.1) is 25.8 Å². The van der Waals surface area contributed by atoms with Crippen molar-refractivity contribution in [2.45, 2.75) is 25.7 Å². The van der Waals surface area contributed by atoms with Crippen molar-refractivity contribution < 1.29 is 19.0 Å². The maximum atomic E-state index is 11.9. The van der Waals surface area contributed by atoms with Crippen molar-refractivity contribution in [3.63, 3.8) is 0 Å². The molecule has 0 aliphatic carbocycles. The Morgan fingerprint density at radius 3 is 2.70 bits per heavy atom. The molecule has 0 radical (unpaired) electrons. The summed E-state index contributed by atoms with van der Waals surface area (Å²) in [4.78, 5) is 11.9. The molecular formula is C20H21ClN2O4. The molecule has 1 amide bonds. The molecule has 7 heteroatoms. The van der Waals surface area contributed by atoms with Crippen molar-refractivity contribution in [3.05, 3.63) is 64.7 Å². The van der Waals surface area contributed by atoms with Gasteiger partial charge in [0.25, 0.3) is 0 Å². The minimum atomic E-state index is -0.860. The van der Waals surface area contributed by atoms with Crippen molar-refractivity contribution in [3.8, 4) is 5.75 Å². The van der Waals surface area contributed by atoms with E-state index in [4.69, 9.17) is 25.8 Å². The normalized spacial score (nSPS) is 15.8. The van der Waals surface area contributed by atoms with E-state index < -0.39 is 5.79 Å². The van der Waals surface area contributed by atoms with Gasteiger partial charge in [-0.2, -0.15) is 5.10 Å². The largest absolute Gasteiger partial charge is 0.489 e. The van der Waals surface area contributed by atoms with Crippen LogP contribution >= 0.6 is 11.6 Å². The zero-order chi connectivity index (χ0) is 19.1. The molecule has 1 saturated heterocycles. The summed E-state index contributed by atoms with van der Waals surface area (Å²) in [7, 11) is 0. The van der Waals surface area contributed by atoms with Crippen LogP contribution in [-0.4, -0.2) is 31.1 Å². The molecule has 3 rings (SSSR count). The van der Waals surface area contributed by atoms with Crippen LogP contribution < -0.4 is 10.2 Å². The number of carbonyl (C=O) groups is 1. The predicted octanol–water partition coefficient (Wildman–Crippen LogP) is 3.52.